The summed E-state index contributed by atoms with van der Waals surface area (Å²) in [4.78, 5) is 37.7. The molecule has 1 aliphatic rings. The molecule has 2 aromatic heterocycles. The summed E-state index contributed by atoms with van der Waals surface area (Å²) in [6.07, 6.45) is 0. The molecule has 0 bridgehead atoms. The van der Waals surface area contributed by atoms with E-state index in [0.717, 1.165) is 13.1 Å². The highest BCUT2D eigenvalue weighted by atomic mass is 32.1. The highest BCUT2D eigenvalue weighted by Gasteiger charge is 2.26. The summed E-state index contributed by atoms with van der Waals surface area (Å²) < 4.78 is 19.2. The largest absolute Gasteiger partial charge is 0.462 e. The van der Waals surface area contributed by atoms with Gasteiger partial charge in [0.15, 0.2) is 0 Å². The van der Waals surface area contributed by atoms with Crippen molar-refractivity contribution in [2.45, 2.75) is 26.8 Å². The van der Waals surface area contributed by atoms with Crippen LogP contribution >= 0.6 is 11.3 Å². The molecule has 1 unspecified atom stereocenters. The average Bonchev–Trinajstić information content (AvgIpc) is 3.11. The minimum atomic E-state index is -0.429. The number of fused-ring (bicyclic) bond motifs is 1. The smallest absolute Gasteiger partial charge is 0.348 e. The number of piperazine rings is 1. The maximum Gasteiger partial charge on any atom is 0.348 e. The second-order valence-electron chi connectivity index (χ2n) is 7.56. The molecule has 0 aliphatic carbocycles. The van der Waals surface area contributed by atoms with Gasteiger partial charge < -0.3 is 14.6 Å². The predicted octanol–water partition coefficient (Wildman–Crippen LogP) is 3.49. The number of aromatic amines is 1. The molecule has 4 rings (SSSR count). The number of hydrogen-bond acceptors (Lipinski definition) is 7. The summed E-state index contributed by atoms with van der Waals surface area (Å²) in [6, 6.07) is 6.68. The highest BCUT2D eigenvalue weighted by molar-refractivity contribution is 7.20. The van der Waals surface area contributed by atoms with E-state index in [9.17, 15) is 14.0 Å². The molecule has 0 saturated carbocycles. The Balaban J connectivity index is 1.54. The van der Waals surface area contributed by atoms with Crippen LogP contribution in [0.15, 0.2) is 29.1 Å². The van der Waals surface area contributed by atoms with Gasteiger partial charge in [0.2, 0.25) is 0 Å². The van der Waals surface area contributed by atoms with Crippen LogP contribution in [0.4, 0.5) is 10.1 Å². The number of ether oxygens (including phenoxy) is 1. The zero-order valence-corrected chi connectivity index (χ0v) is 18.6. The molecule has 1 atom stereocenters. The Morgan fingerprint density at radius 3 is 2.68 bits per heavy atom. The van der Waals surface area contributed by atoms with E-state index in [4.69, 9.17) is 4.74 Å². The number of H-pyrrole nitrogens is 1. The molecule has 3 heterocycles. The van der Waals surface area contributed by atoms with E-state index in [2.05, 4.69) is 14.9 Å². The Bertz CT molecular complexity index is 1170. The Morgan fingerprint density at radius 2 is 2.00 bits per heavy atom. The number of rotatable bonds is 5. The molecule has 1 saturated heterocycles. The topological polar surface area (TPSA) is 78.5 Å². The molecule has 9 heteroatoms. The first-order valence-electron chi connectivity index (χ1n) is 10.3. The summed E-state index contributed by atoms with van der Waals surface area (Å²) in [5, 5.41) is 0.438. The fourth-order valence-electron chi connectivity index (χ4n) is 3.98. The third kappa shape index (κ3) is 4.07. The van der Waals surface area contributed by atoms with E-state index in [1.54, 1.807) is 26.0 Å². The number of esters is 1. The summed E-state index contributed by atoms with van der Waals surface area (Å²) in [5.41, 5.74) is 0.967. The maximum atomic E-state index is 14.1. The molecule has 1 aromatic carbocycles. The molecule has 0 amide bonds. The molecule has 1 aliphatic heterocycles. The van der Waals surface area contributed by atoms with Crippen LogP contribution in [-0.2, 0) is 4.74 Å². The Labute approximate surface area is 183 Å². The van der Waals surface area contributed by atoms with Crippen LogP contribution in [0, 0.1) is 12.7 Å². The molecule has 31 heavy (non-hydrogen) atoms. The molecule has 1 N–H and O–H groups in total. The molecule has 164 valence electrons. The first-order chi connectivity index (χ1) is 14.9. The molecular weight excluding hydrogens is 419 g/mol. The van der Waals surface area contributed by atoms with Gasteiger partial charge in [-0.25, -0.2) is 14.2 Å². The molecular formula is C22H25FN4O3S. The number of halogens is 1. The number of para-hydroxylation sites is 1. The molecule has 1 fully saturated rings. The minimum Gasteiger partial charge on any atom is -0.462 e. The standard InChI is InChI=1S/C22H25FN4O3S/c1-4-30-22(29)18-13(2)17-20(28)24-19(25-21(17)31-18)14(3)26-9-11-27(12-10-26)16-8-6-5-7-15(16)23/h5-8,14H,4,9-12H2,1-3H3,(H,24,25,28). The summed E-state index contributed by atoms with van der Waals surface area (Å²) in [5.74, 6) is -0.0827. The molecule has 7 nitrogen and oxygen atoms in total. The van der Waals surface area contributed by atoms with E-state index in [1.165, 1.54) is 17.4 Å². The van der Waals surface area contributed by atoms with Gasteiger partial charge in [-0.05, 0) is 38.5 Å². The van der Waals surface area contributed by atoms with Crippen LogP contribution in [0.25, 0.3) is 10.2 Å². The Morgan fingerprint density at radius 1 is 1.29 bits per heavy atom. The van der Waals surface area contributed by atoms with Gasteiger partial charge in [-0.15, -0.1) is 11.3 Å². The van der Waals surface area contributed by atoms with Crippen molar-refractivity contribution in [3.05, 3.63) is 56.7 Å². The van der Waals surface area contributed by atoms with Crippen LogP contribution in [0.3, 0.4) is 0 Å². The lowest BCUT2D eigenvalue weighted by atomic mass is 10.1. The lowest BCUT2D eigenvalue weighted by molar-refractivity contribution is 0.0531. The van der Waals surface area contributed by atoms with Crippen LogP contribution < -0.4 is 10.5 Å². The fraction of sp³-hybridized carbons (Fsp3) is 0.409. The zero-order valence-electron chi connectivity index (χ0n) is 17.8. The van der Waals surface area contributed by atoms with Crippen molar-refractivity contribution in [1.82, 2.24) is 14.9 Å². The molecule has 0 radical (unpaired) electrons. The van der Waals surface area contributed by atoms with Crippen molar-refractivity contribution in [2.75, 3.05) is 37.7 Å². The van der Waals surface area contributed by atoms with Gasteiger partial charge >= 0.3 is 5.97 Å². The summed E-state index contributed by atoms with van der Waals surface area (Å²) >= 11 is 1.19. The zero-order chi connectivity index (χ0) is 22.1. The van der Waals surface area contributed by atoms with Gasteiger partial charge in [0, 0.05) is 26.2 Å². The number of carbonyl (C=O) groups excluding carboxylic acids is 1. The first kappa shape index (κ1) is 21.5. The maximum absolute atomic E-state index is 14.1. The van der Waals surface area contributed by atoms with Crippen molar-refractivity contribution < 1.29 is 13.9 Å². The number of nitrogens with zero attached hydrogens (tertiary/aromatic N) is 3. The van der Waals surface area contributed by atoms with Gasteiger partial charge in [-0.3, -0.25) is 9.69 Å². The van der Waals surface area contributed by atoms with Gasteiger partial charge in [-0.1, -0.05) is 12.1 Å². The third-order valence-electron chi connectivity index (χ3n) is 5.73. The number of nitrogens with one attached hydrogen (secondary N) is 1. The second-order valence-corrected chi connectivity index (χ2v) is 8.56. The predicted molar refractivity (Wildman–Crippen MR) is 120 cm³/mol. The SMILES string of the molecule is CCOC(=O)c1sc2nc(C(C)N3CCN(c4ccccc4F)CC3)[nH]c(=O)c2c1C. The van der Waals surface area contributed by atoms with Crippen LogP contribution in [-0.4, -0.2) is 53.6 Å². The Hall–Kier alpha value is -2.78. The second kappa shape index (κ2) is 8.76. The minimum absolute atomic E-state index is 0.117. The van der Waals surface area contributed by atoms with Crippen LogP contribution in [0.2, 0.25) is 0 Å². The lowest BCUT2D eigenvalue weighted by Gasteiger charge is -2.38. The van der Waals surface area contributed by atoms with Crippen LogP contribution in [0.1, 0.15) is 40.9 Å². The van der Waals surface area contributed by atoms with E-state index >= 15 is 0 Å². The van der Waals surface area contributed by atoms with Crippen LogP contribution in [0.5, 0.6) is 0 Å². The molecule has 0 spiro atoms. The number of benzene rings is 1. The fourth-order valence-corrected chi connectivity index (χ4v) is 5.06. The van der Waals surface area contributed by atoms with E-state index < -0.39 is 5.97 Å². The van der Waals surface area contributed by atoms with Gasteiger partial charge in [0.1, 0.15) is 21.3 Å². The highest BCUT2D eigenvalue weighted by Crippen LogP contribution is 2.29. The average molecular weight is 445 g/mol. The summed E-state index contributed by atoms with van der Waals surface area (Å²) in [6.45, 7) is 8.56. The van der Waals surface area contributed by atoms with Gasteiger partial charge in [-0.2, -0.15) is 0 Å². The number of carbonyl (C=O) groups is 1. The number of thiophene rings is 1. The van der Waals surface area contributed by atoms with Crippen molar-refractivity contribution in [3.8, 4) is 0 Å². The lowest BCUT2D eigenvalue weighted by Crippen LogP contribution is -2.47. The number of aryl methyl sites for hydroxylation is 1. The van der Waals surface area contributed by atoms with Gasteiger partial charge in [0.05, 0.1) is 23.7 Å². The first-order valence-corrected chi connectivity index (χ1v) is 11.2. The van der Waals surface area contributed by atoms with Crippen molar-refractivity contribution in [1.29, 1.82) is 0 Å². The number of aromatic nitrogens is 2. The van der Waals surface area contributed by atoms with E-state index in [-0.39, 0.29) is 24.0 Å². The van der Waals surface area contributed by atoms with Crippen molar-refractivity contribution in [3.63, 3.8) is 0 Å². The van der Waals surface area contributed by atoms with Gasteiger partial charge in [0.25, 0.3) is 5.56 Å². The van der Waals surface area contributed by atoms with Crippen molar-refractivity contribution >= 4 is 33.2 Å². The quantitative estimate of drug-likeness (QED) is 0.607. The monoisotopic (exact) mass is 444 g/mol. The van der Waals surface area contributed by atoms with E-state index in [1.807, 2.05) is 17.9 Å². The Kier molecular flexibility index (Phi) is 6.06. The number of hydrogen-bond donors (Lipinski definition) is 1. The molecule has 3 aromatic rings. The summed E-state index contributed by atoms with van der Waals surface area (Å²) in [7, 11) is 0. The normalized spacial score (nSPS) is 15.9. The van der Waals surface area contributed by atoms with E-state index in [0.29, 0.717) is 45.3 Å². The third-order valence-corrected chi connectivity index (χ3v) is 6.90. The number of anilines is 1. The van der Waals surface area contributed by atoms with Crippen molar-refractivity contribution in [2.24, 2.45) is 0 Å².